The largest absolute Gasteiger partial charge is 0.497 e. The zero-order valence-corrected chi connectivity index (χ0v) is 16.8. The summed E-state index contributed by atoms with van der Waals surface area (Å²) in [5.74, 6) is -1.62. The number of carbonyl (C=O) groups is 3. The number of likely N-dealkylation sites (tertiary alicyclic amines) is 1. The summed E-state index contributed by atoms with van der Waals surface area (Å²) in [5, 5.41) is 3.22. The molecule has 8 nitrogen and oxygen atoms in total. The topological polar surface area (TPSA) is 94.2 Å². The number of nitrogens with zero attached hydrogens (tertiary/aromatic N) is 1. The van der Waals surface area contributed by atoms with Gasteiger partial charge in [0.1, 0.15) is 17.0 Å². The van der Waals surface area contributed by atoms with Crippen molar-refractivity contribution in [2.24, 2.45) is 11.8 Å². The molecule has 0 spiro atoms. The molecule has 1 N–H and O–H groups in total. The number of rotatable bonds is 6. The lowest BCUT2D eigenvalue weighted by Crippen LogP contribution is -2.54. The lowest BCUT2D eigenvalue weighted by atomic mass is 9.80. The van der Waals surface area contributed by atoms with Crippen LogP contribution in [0.1, 0.15) is 32.4 Å². The molecule has 2 aliphatic heterocycles. The standard InChI is InChI=1S/C20H26N2O6/c1-6-22-17(23)14-15(18(22)24)20(3,19(25)28-7-2)21-16(14)12-9-8-11(26-4)10-13(12)27-5/h8-10,14-16,21H,6-7H2,1-5H3/t14-,15-,16-,20-/m1/s1. The van der Waals surface area contributed by atoms with Crippen LogP contribution in [0.2, 0.25) is 0 Å². The normalized spacial score (nSPS) is 29.0. The summed E-state index contributed by atoms with van der Waals surface area (Å²) in [5.41, 5.74) is -0.627. The molecule has 0 radical (unpaired) electrons. The van der Waals surface area contributed by atoms with Crippen LogP contribution in [0.3, 0.4) is 0 Å². The zero-order chi connectivity index (χ0) is 20.6. The third-order valence-corrected chi connectivity index (χ3v) is 5.67. The molecule has 0 unspecified atom stereocenters. The Morgan fingerprint density at radius 1 is 1.18 bits per heavy atom. The van der Waals surface area contributed by atoms with E-state index in [1.54, 1.807) is 46.1 Å². The predicted octanol–water partition coefficient (Wildman–Crippen LogP) is 1.29. The highest BCUT2D eigenvalue weighted by Crippen LogP contribution is 2.50. The number of hydrogen-bond acceptors (Lipinski definition) is 7. The van der Waals surface area contributed by atoms with Crippen LogP contribution < -0.4 is 14.8 Å². The molecule has 0 bridgehead atoms. The number of ether oxygens (including phenoxy) is 3. The highest BCUT2D eigenvalue weighted by Gasteiger charge is 2.67. The van der Waals surface area contributed by atoms with Crippen molar-refractivity contribution in [3.8, 4) is 11.5 Å². The number of methoxy groups -OCH3 is 2. The molecular weight excluding hydrogens is 364 g/mol. The van der Waals surface area contributed by atoms with Crippen LogP contribution in [0.4, 0.5) is 0 Å². The third kappa shape index (κ3) is 2.83. The van der Waals surface area contributed by atoms with E-state index in [1.807, 2.05) is 0 Å². The van der Waals surface area contributed by atoms with Gasteiger partial charge in [0.25, 0.3) is 0 Å². The minimum atomic E-state index is -1.31. The van der Waals surface area contributed by atoms with Gasteiger partial charge in [-0.2, -0.15) is 0 Å². The Bertz CT molecular complexity index is 810. The average molecular weight is 390 g/mol. The molecule has 2 saturated heterocycles. The summed E-state index contributed by atoms with van der Waals surface area (Å²) in [4.78, 5) is 40.0. The van der Waals surface area contributed by atoms with Gasteiger partial charge in [0.2, 0.25) is 11.8 Å². The first-order valence-corrected chi connectivity index (χ1v) is 9.36. The smallest absolute Gasteiger partial charge is 0.326 e. The van der Waals surface area contributed by atoms with Crippen molar-refractivity contribution in [2.45, 2.75) is 32.4 Å². The van der Waals surface area contributed by atoms with Gasteiger partial charge in [-0.1, -0.05) is 6.07 Å². The van der Waals surface area contributed by atoms with Crippen molar-refractivity contribution in [3.05, 3.63) is 23.8 Å². The van der Waals surface area contributed by atoms with E-state index in [1.165, 1.54) is 12.0 Å². The molecule has 1 aromatic rings. The minimum absolute atomic E-state index is 0.184. The number of amides is 2. The highest BCUT2D eigenvalue weighted by molar-refractivity contribution is 6.09. The molecular formula is C20H26N2O6. The molecule has 0 aromatic heterocycles. The lowest BCUT2D eigenvalue weighted by Gasteiger charge is -2.29. The van der Waals surface area contributed by atoms with E-state index in [4.69, 9.17) is 14.2 Å². The van der Waals surface area contributed by atoms with Gasteiger partial charge in [-0.3, -0.25) is 24.6 Å². The Morgan fingerprint density at radius 2 is 1.89 bits per heavy atom. The number of esters is 1. The van der Waals surface area contributed by atoms with Crippen molar-refractivity contribution >= 4 is 17.8 Å². The van der Waals surface area contributed by atoms with Crippen LogP contribution in [-0.4, -0.2) is 55.6 Å². The predicted molar refractivity (Wildman–Crippen MR) is 99.8 cm³/mol. The molecule has 1 aromatic carbocycles. The van der Waals surface area contributed by atoms with E-state index in [9.17, 15) is 14.4 Å². The van der Waals surface area contributed by atoms with Gasteiger partial charge >= 0.3 is 5.97 Å². The summed E-state index contributed by atoms with van der Waals surface area (Å²) in [6.07, 6.45) is 0. The van der Waals surface area contributed by atoms with Crippen molar-refractivity contribution in [3.63, 3.8) is 0 Å². The number of nitrogens with one attached hydrogen (secondary N) is 1. The molecule has 3 rings (SSSR count). The maximum Gasteiger partial charge on any atom is 0.326 e. The third-order valence-electron chi connectivity index (χ3n) is 5.67. The molecule has 152 valence electrons. The van der Waals surface area contributed by atoms with Crippen LogP contribution in [0, 0.1) is 11.8 Å². The van der Waals surface area contributed by atoms with Crippen LogP contribution >= 0.6 is 0 Å². The Labute approximate surface area is 164 Å². The fourth-order valence-electron chi connectivity index (χ4n) is 4.32. The Hall–Kier alpha value is -2.61. The second kappa shape index (κ2) is 7.43. The first-order valence-electron chi connectivity index (χ1n) is 9.36. The fourth-order valence-corrected chi connectivity index (χ4v) is 4.32. The number of benzene rings is 1. The van der Waals surface area contributed by atoms with Crippen molar-refractivity contribution in [1.29, 1.82) is 0 Å². The monoisotopic (exact) mass is 390 g/mol. The Morgan fingerprint density at radius 3 is 2.46 bits per heavy atom. The minimum Gasteiger partial charge on any atom is -0.497 e. The maximum absolute atomic E-state index is 13.1. The molecule has 8 heteroatoms. The molecule has 2 amide bonds. The number of imide groups is 1. The number of hydrogen-bond donors (Lipinski definition) is 1. The van der Waals surface area contributed by atoms with Gasteiger partial charge in [-0.15, -0.1) is 0 Å². The molecule has 2 heterocycles. The molecule has 2 fully saturated rings. The average Bonchev–Trinajstić information content (AvgIpc) is 3.15. The summed E-state index contributed by atoms with van der Waals surface area (Å²) < 4.78 is 16.0. The van der Waals surface area contributed by atoms with Crippen molar-refractivity contribution < 1.29 is 28.6 Å². The van der Waals surface area contributed by atoms with Gasteiger partial charge in [0, 0.05) is 24.2 Å². The summed E-state index contributed by atoms with van der Waals surface area (Å²) in [6.45, 7) is 5.52. The van der Waals surface area contributed by atoms with Gasteiger partial charge in [-0.25, -0.2) is 0 Å². The van der Waals surface area contributed by atoms with Gasteiger partial charge in [0.05, 0.1) is 32.7 Å². The van der Waals surface area contributed by atoms with Crippen LogP contribution in [0.25, 0.3) is 0 Å². The second-order valence-electron chi connectivity index (χ2n) is 7.08. The molecule has 4 atom stereocenters. The summed E-state index contributed by atoms with van der Waals surface area (Å²) >= 11 is 0. The quantitative estimate of drug-likeness (QED) is 0.578. The summed E-state index contributed by atoms with van der Waals surface area (Å²) in [7, 11) is 3.07. The second-order valence-corrected chi connectivity index (χ2v) is 7.08. The fraction of sp³-hybridized carbons (Fsp3) is 0.550. The molecule has 0 saturated carbocycles. The maximum atomic E-state index is 13.1. The van der Waals surface area contributed by atoms with E-state index < -0.39 is 29.4 Å². The Kier molecular flexibility index (Phi) is 5.34. The molecule has 0 aliphatic carbocycles. The number of carbonyl (C=O) groups excluding carboxylic acids is 3. The van der Waals surface area contributed by atoms with Crippen molar-refractivity contribution in [2.75, 3.05) is 27.4 Å². The highest BCUT2D eigenvalue weighted by atomic mass is 16.5. The van der Waals surface area contributed by atoms with E-state index >= 15 is 0 Å². The van der Waals surface area contributed by atoms with Gasteiger partial charge in [-0.05, 0) is 26.8 Å². The number of fused-ring (bicyclic) bond motifs is 1. The van der Waals surface area contributed by atoms with Gasteiger partial charge < -0.3 is 14.2 Å². The lowest BCUT2D eigenvalue weighted by molar-refractivity contribution is -0.155. The van der Waals surface area contributed by atoms with E-state index in [0.717, 1.165) is 0 Å². The van der Waals surface area contributed by atoms with Gasteiger partial charge in [0.15, 0.2) is 0 Å². The molecule has 2 aliphatic rings. The van der Waals surface area contributed by atoms with Crippen LogP contribution in [0.5, 0.6) is 11.5 Å². The first kappa shape index (κ1) is 20.1. The summed E-state index contributed by atoms with van der Waals surface area (Å²) in [6, 6.07) is 4.68. The first-order chi connectivity index (χ1) is 13.3. The molecule has 28 heavy (non-hydrogen) atoms. The Balaban J connectivity index is 2.12. The zero-order valence-electron chi connectivity index (χ0n) is 16.8. The van der Waals surface area contributed by atoms with E-state index in [-0.39, 0.29) is 25.0 Å². The SMILES string of the molecule is CCOC(=O)[C@]1(C)N[C@H](c2ccc(OC)cc2OC)[C@@H]2C(=O)N(CC)C(=O)[C@@H]21. The van der Waals surface area contributed by atoms with E-state index in [0.29, 0.717) is 17.1 Å². The van der Waals surface area contributed by atoms with Crippen molar-refractivity contribution in [1.82, 2.24) is 10.2 Å². The van der Waals surface area contributed by atoms with Crippen LogP contribution in [0.15, 0.2) is 18.2 Å². The van der Waals surface area contributed by atoms with E-state index in [2.05, 4.69) is 5.32 Å². The van der Waals surface area contributed by atoms with Crippen LogP contribution in [-0.2, 0) is 19.1 Å².